The largest absolute Gasteiger partial charge is 0.501 e. The summed E-state index contributed by atoms with van der Waals surface area (Å²) in [7, 11) is 11.0. The number of aromatic nitrogens is 13. The van der Waals surface area contributed by atoms with Gasteiger partial charge in [-0.15, -0.1) is 0 Å². The van der Waals surface area contributed by atoms with Gasteiger partial charge in [0.1, 0.15) is 37.7 Å². The van der Waals surface area contributed by atoms with Crippen LogP contribution in [0.25, 0.3) is 142 Å². The van der Waals surface area contributed by atoms with Gasteiger partial charge in [-0.2, -0.15) is 35.0 Å². The molecular weight excluding hydrogens is 1590 g/mol. The number of aliphatic imine (C=N–C) groups is 4. The molecule has 15 aromatic rings. The molecule has 1 saturated carbocycles. The van der Waals surface area contributed by atoms with E-state index in [1.807, 2.05) is 144 Å². The highest BCUT2D eigenvalue weighted by Gasteiger charge is 2.33. The zero-order chi connectivity index (χ0) is 86.6. The van der Waals surface area contributed by atoms with Crippen molar-refractivity contribution in [1.29, 1.82) is 0 Å². The standard InChI is InChI=1S/C24H20FN5O2.2C23H19N7O.C22H16N6OS/c1-27-23-21(32-14-4-5-14)8-7-18(25)22(23)24-17(11-29-30(24)2)13-3-6-15-16(9-13)19(10-26)28-12-20(15)31;1-25-22-15(6-7-19-18(22)12-29(2)28-19)23-17(10-27-30(23)3)13-4-5-14-16(8-13)20(9-24)26-11-21(14)31;1-25-22-15(6-7-20-18(22)11-27-29(20)2)23-17(10-28-30(23)3)13-4-5-14-16(8-13)19(9-24)26-12-21(14)31;1-24-21-14(5-6-18-17(21)11-30-27-18)22-16(9-26-28(22)2)12-3-4-13-15(7-12)19(8-23)25-10-20(13)29/h3,6-9,11,14H,4-5,10,12,26H2,2H3;4-8,10,12H,9,11,24H2,2-3H3;4-8,10-11H,9,12,24H2,2-3H3;3-7,9,11H,8,10,23H2,2H3. The number of halogens is 1. The van der Waals surface area contributed by atoms with Crippen molar-refractivity contribution in [2.45, 2.75) is 18.9 Å². The van der Waals surface area contributed by atoms with E-state index in [0.717, 1.165) is 152 Å². The second-order valence-electron chi connectivity index (χ2n) is 29.8. The molecule has 30 nitrogen and oxygen atoms in total. The highest BCUT2D eigenvalue weighted by atomic mass is 32.1. The van der Waals surface area contributed by atoms with Crippen molar-refractivity contribution >= 4 is 113 Å². The fraction of sp³-hybridized carbons (Fsp3) is 0.185. The normalized spacial score (nSPS) is 13.7. The van der Waals surface area contributed by atoms with Gasteiger partial charge < -0.3 is 27.7 Å². The van der Waals surface area contributed by atoms with Gasteiger partial charge in [-0.3, -0.25) is 67.2 Å². The molecule has 0 radical (unpaired) electrons. The molecule has 610 valence electrons. The number of hydrogen-bond donors (Lipinski definition) is 4. The van der Waals surface area contributed by atoms with Crippen LogP contribution in [0.3, 0.4) is 0 Å². The number of nitrogens with zero attached hydrogens (tertiary/aromatic N) is 21. The Kier molecular flexibility index (Phi) is 21.6. The van der Waals surface area contributed by atoms with Crippen molar-refractivity contribution in [2.24, 2.45) is 85.2 Å². The van der Waals surface area contributed by atoms with Crippen LogP contribution in [0, 0.1) is 32.1 Å². The molecule has 4 aliphatic heterocycles. The van der Waals surface area contributed by atoms with Crippen LogP contribution in [0.4, 0.5) is 27.1 Å². The number of ketones is 4. The maximum absolute atomic E-state index is 15.1. The maximum atomic E-state index is 15.1. The summed E-state index contributed by atoms with van der Waals surface area (Å²) in [6.45, 7) is 32.6. The molecule has 1 fully saturated rings. The Balaban J connectivity index is 0.000000117. The number of benzene rings is 8. The number of hydrogen-bond acceptors (Lipinski definition) is 21. The van der Waals surface area contributed by atoms with E-state index in [-0.39, 0.29) is 92.8 Å². The first-order valence-corrected chi connectivity index (χ1v) is 40.0. The van der Waals surface area contributed by atoms with Crippen LogP contribution in [0.15, 0.2) is 184 Å². The van der Waals surface area contributed by atoms with E-state index in [9.17, 15) is 19.2 Å². The van der Waals surface area contributed by atoms with E-state index >= 15 is 4.39 Å². The van der Waals surface area contributed by atoms with Gasteiger partial charge in [0.05, 0.1) is 119 Å². The summed E-state index contributed by atoms with van der Waals surface area (Å²) in [6, 6.07) is 36.9. The number of aryl methyl sites for hydroxylation is 6. The van der Waals surface area contributed by atoms with E-state index in [1.54, 1.807) is 78.3 Å². The van der Waals surface area contributed by atoms with Gasteiger partial charge in [0.25, 0.3) is 0 Å². The topological polar surface area (TPSA) is 368 Å². The number of rotatable bonds is 14. The van der Waals surface area contributed by atoms with E-state index in [4.69, 9.17) is 54.0 Å². The molecule has 20 rings (SSSR count). The lowest BCUT2D eigenvalue weighted by molar-refractivity contribution is 0.0992. The SMILES string of the molecule is [C-]#[N+]c1c(-c2c(-c3ccc4c(c3)C(CN)=NCC4=O)cnn2C)ccc2c1cnn2C.[C-]#[N+]c1c(-c2c(-c3ccc4c(c3)C(CN)=NCC4=O)cnn2C)ccc2nn(C)cc12.[C-]#[N+]c1c(-c2c(-c3ccc4c(c3)C(CN)=NCC4=O)cnn2C)ccc2nscc12.[C-]#[N+]c1c(OC2CC2)ccc(F)c1-c1c(-c2ccc3c(c2)C(CN)=NCC3=O)cnn1C. The van der Waals surface area contributed by atoms with Gasteiger partial charge in [0, 0.05) is 191 Å². The van der Waals surface area contributed by atoms with Crippen molar-refractivity contribution in [2.75, 3.05) is 52.4 Å². The van der Waals surface area contributed by atoms with Gasteiger partial charge in [-0.05, 0) is 101 Å². The number of fused-ring (bicyclic) bond motifs is 7. The number of Topliss-reactive ketones (excluding diaryl/α,β-unsaturated/α-hetero) is 4. The molecule has 11 heterocycles. The first-order valence-electron chi connectivity index (χ1n) is 39.2. The minimum absolute atomic E-state index is 0.00846. The zero-order valence-electron chi connectivity index (χ0n) is 67.8. The van der Waals surface area contributed by atoms with Crippen LogP contribution < -0.4 is 27.7 Å². The fourth-order valence-electron chi connectivity index (χ4n) is 16.3. The molecule has 0 spiro atoms. The predicted molar refractivity (Wildman–Crippen MR) is 476 cm³/mol. The lowest BCUT2D eigenvalue weighted by Crippen LogP contribution is -2.24. The van der Waals surface area contributed by atoms with Gasteiger partial charge in [-0.25, -0.2) is 23.8 Å². The average Bonchev–Trinajstić information content (AvgIpc) is 1.60. The Hall–Kier alpha value is -15.7. The molecule has 0 atom stereocenters. The lowest BCUT2D eigenvalue weighted by atomic mass is 9.91. The van der Waals surface area contributed by atoms with Crippen molar-refractivity contribution in [3.8, 4) is 95.3 Å². The lowest BCUT2D eigenvalue weighted by Gasteiger charge is -2.17. The Labute approximate surface area is 712 Å². The molecule has 5 aliphatic rings. The summed E-state index contributed by atoms with van der Waals surface area (Å²) in [5, 5.41) is 30.8. The Bertz CT molecular complexity index is 7210. The summed E-state index contributed by atoms with van der Waals surface area (Å²) < 4.78 is 35.7. The van der Waals surface area contributed by atoms with Crippen molar-refractivity contribution < 1.29 is 28.3 Å². The molecule has 8 N–H and O–H groups in total. The quantitative estimate of drug-likeness (QED) is 0.0735. The number of carbonyl (C=O) groups excluding carboxylic acids is 4. The molecule has 8 aromatic carbocycles. The number of nitrogens with two attached hydrogens (primary N) is 4. The van der Waals surface area contributed by atoms with Crippen LogP contribution in [-0.4, -0.2) is 167 Å². The summed E-state index contributed by atoms with van der Waals surface area (Å²) in [5.41, 5.74) is 48.1. The van der Waals surface area contributed by atoms with Crippen molar-refractivity contribution in [3.63, 3.8) is 0 Å². The average molecular weight is 1660 g/mol. The van der Waals surface area contributed by atoms with Crippen LogP contribution in [-0.2, 0) is 42.3 Å². The first-order chi connectivity index (χ1) is 60.2. The minimum atomic E-state index is -0.527. The van der Waals surface area contributed by atoms with Crippen LogP contribution in [0.2, 0.25) is 0 Å². The molecular formula is C92H74FN25O5S. The fourth-order valence-corrected chi connectivity index (χ4v) is 17.0. The maximum Gasteiger partial charge on any atom is 0.240 e. The molecule has 1 aliphatic carbocycles. The Morgan fingerprint density at radius 3 is 1.17 bits per heavy atom. The number of ether oxygens (including phenoxy) is 1. The van der Waals surface area contributed by atoms with Gasteiger partial charge in [-0.1, -0.05) is 66.7 Å². The third-order valence-electron chi connectivity index (χ3n) is 22.5. The minimum Gasteiger partial charge on any atom is -0.501 e. The van der Waals surface area contributed by atoms with Crippen molar-refractivity contribution in [1.82, 2.24) is 63.1 Å². The predicted octanol–water partition coefficient (Wildman–Crippen LogP) is 14.1. The third kappa shape index (κ3) is 14.4. The monoisotopic (exact) mass is 1660 g/mol. The molecule has 0 amide bonds. The molecule has 32 heteroatoms. The summed E-state index contributed by atoms with van der Waals surface area (Å²) >= 11 is 1.34. The second-order valence-corrected chi connectivity index (χ2v) is 30.5. The highest BCUT2D eigenvalue weighted by molar-refractivity contribution is 7.04. The molecule has 0 bridgehead atoms. The van der Waals surface area contributed by atoms with Gasteiger partial charge in [0.2, 0.25) is 22.7 Å². The summed E-state index contributed by atoms with van der Waals surface area (Å²) in [6.07, 6.45) is 12.5. The van der Waals surface area contributed by atoms with Crippen LogP contribution in [0.1, 0.15) is 76.5 Å². The van der Waals surface area contributed by atoms with Gasteiger partial charge >= 0.3 is 0 Å². The van der Waals surface area contributed by atoms with E-state index in [0.29, 0.717) is 67.6 Å². The van der Waals surface area contributed by atoms with Crippen LogP contribution in [0.5, 0.6) is 5.75 Å². The molecule has 7 aromatic heterocycles. The number of carbonyl (C=O) groups is 4. The zero-order valence-corrected chi connectivity index (χ0v) is 68.6. The Morgan fingerprint density at radius 1 is 0.403 bits per heavy atom. The third-order valence-corrected chi connectivity index (χ3v) is 23.1. The molecule has 124 heavy (non-hydrogen) atoms. The molecule has 0 unspecified atom stereocenters. The summed E-state index contributed by atoms with van der Waals surface area (Å²) in [5.74, 6) is -0.252. The Morgan fingerprint density at radius 2 is 0.766 bits per heavy atom. The smallest absolute Gasteiger partial charge is 0.240 e. The van der Waals surface area contributed by atoms with Gasteiger partial charge in [0.15, 0.2) is 23.1 Å². The van der Waals surface area contributed by atoms with E-state index in [1.165, 1.54) is 23.7 Å². The first kappa shape index (κ1) is 80.7. The van der Waals surface area contributed by atoms with E-state index < -0.39 is 5.82 Å². The second kappa shape index (κ2) is 33.1. The highest BCUT2D eigenvalue weighted by Crippen LogP contribution is 2.49. The molecule has 0 saturated heterocycles. The van der Waals surface area contributed by atoms with E-state index in [2.05, 4.69) is 74.3 Å². The summed E-state index contributed by atoms with van der Waals surface area (Å²) in [4.78, 5) is 81.5. The van der Waals surface area contributed by atoms with Crippen molar-refractivity contribution in [3.05, 3.63) is 260 Å². The van der Waals surface area contributed by atoms with Crippen LogP contribution >= 0.6 is 11.5 Å².